The van der Waals surface area contributed by atoms with Crippen molar-refractivity contribution in [1.29, 1.82) is 0 Å². The molecule has 2 atom stereocenters. The largest absolute Gasteiger partial charge is 0.480 e. The Kier molecular flexibility index (Phi) is 4.93. The number of nitrogens with two attached hydrogens (primary N) is 2. The standard InChI is InChI=1S/C7H15N5O2/c1-7(9,6(13)14)3-2-5(4-8)11-12-10/h5H,2-4,8-9H2,1H3,(H,13,14)/t5?,7-/m0/s1. The molecule has 0 aliphatic rings. The van der Waals surface area contributed by atoms with E-state index in [9.17, 15) is 4.79 Å². The lowest BCUT2D eigenvalue weighted by Gasteiger charge is -2.20. The van der Waals surface area contributed by atoms with Crippen molar-refractivity contribution in [3.05, 3.63) is 10.4 Å². The van der Waals surface area contributed by atoms with Gasteiger partial charge in [-0.2, -0.15) is 0 Å². The summed E-state index contributed by atoms with van der Waals surface area (Å²) < 4.78 is 0. The lowest BCUT2D eigenvalue weighted by atomic mass is 9.95. The normalized spacial score (nSPS) is 16.5. The van der Waals surface area contributed by atoms with E-state index >= 15 is 0 Å². The first kappa shape index (κ1) is 12.7. The van der Waals surface area contributed by atoms with Gasteiger partial charge in [-0.05, 0) is 25.3 Å². The van der Waals surface area contributed by atoms with Gasteiger partial charge in [0.05, 0.1) is 0 Å². The van der Waals surface area contributed by atoms with E-state index in [4.69, 9.17) is 22.1 Å². The number of carboxylic acid groups (broad SMARTS) is 1. The molecule has 0 aromatic heterocycles. The fourth-order valence-electron chi connectivity index (χ4n) is 0.869. The van der Waals surface area contributed by atoms with Crippen molar-refractivity contribution in [3.8, 4) is 0 Å². The predicted molar refractivity (Wildman–Crippen MR) is 51.5 cm³/mol. The number of carbonyl (C=O) groups is 1. The monoisotopic (exact) mass is 201 g/mol. The van der Waals surface area contributed by atoms with Crippen LogP contribution < -0.4 is 11.5 Å². The summed E-state index contributed by atoms with van der Waals surface area (Å²) >= 11 is 0. The molecule has 0 bridgehead atoms. The third-order valence-electron chi connectivity index (χ3n) is 1.97. The molecule has 0 saturated heterocycles. The molecule has 0 aliphatic heterocycles. The molecule has 0 aromatic carbocycles. The van der Waals surface area contributed by atoms with Crippen molar-refractivity contribution in [2.75, 3.05) is 6.54 Å². The van der Waals surface area contributed by atoms with Gasteiger partial charge < -0.3 is 16.6 Å². The minimum atomic E-state index is -1.29. The Balaban J connectivity index is 4.15. The van der Waals surface area contributed by atoms with Gasteiger partial charge in [-0.1, -0.05) is 5.11 Å². The summed E-state index contributed by atoms with van der Waals surface area (Å²) in [7, 11) is 0. The van der Waals surface area contributed by atoms with Gasteiger partial charge in [0, 0.05) is 17.5 Å². The van der Waals surface area contributed by atoms with Crippen molar-refractivity contribution >= 4 is 5.97 Å². The average molecular weight is 201 g/mol. The Morgan fingerprint density at radius 3 is 2.71 bits per heavy atom. The topological polar surface area (TPSA) is 138 Å². The maximum Gasteiger partial charge on any atom is 0.323 e. The van der Waals surface area contributed by atoms with E-state index in [0.717, 1.165) is 0 Å². The SMILES string of the molecule is C[C@](N)(CCC(CN)N=[N+]=[N-])C(=O)O. The van der Waals surface area contributed by atoms with Crippen LogP contribution in [0.5, 0.6) is 0 Å². The lowest BCUT2D eigenvalue weighted by Crippen LogP contribution is -2.45. The molecule has 5 N–H and O–H groups in total. The summed E-state index contributed by atoms with van der Waals surface area (Å²) in [5, 5.41) is 12.1. The van der Waals surface area contributed by atoms with Crippen molar-refractivity contribution in [3.63, 3.8) is 0 Å². The summed E-state index contributed by atoms with van der Waals surface area (Å²) in [4.78, 5) is 13.2. The highest BCUT2D eigenvalue weighted by atomic mass is 16.4. The summed E-state index contributed by atoms with van der Waals surface area (Å²) in [6.07, 6.45) is 0.600. The Morgan fingerprint density at radius 2 is 2.36 bits per heavy atom. The second-order valence-electron chi connectivity index (χ2n) is 3.36. The van der Waals surface area contributed by atoms with Gasteiger partial charge in [-0.15, -0.1) is 0 Å². The highest BCUT2D eigenvalue weighted by Crippen LogP contribution is 2.12. The first-order valence-electron chi connectivity index (χ1n) is 4.20. The van der Waals surface area contributed by atoms with E-state index in [2.05, 4.69) is 10.0 Å². The number of rotatable bonds is 6. The van der Waals surface area contributed by atoms with Crippen LogP contribution in [0.4, 0.5) is 0 Å². The smallest absolute Gasteiger partial charge is 0.323 e. The Hall–Kier alpha value is -1.30. The van der Waals surface area contributed by atoms with Crippen molar-refractivity contribution < 1.29 is 9.90 Å². The van der Waals surface area contributed by atoms with Crippen LogP contribution >= 0.6 is 0 Å². The van der Waals surface area contributed by atoms with Crippen LogP contribution in [0, 0.1) is 0 Å². The van der Waals surface area contributed by atoms with Crippen molar-refractivity contribution in [2.24, 2.45) is 16.6 Å². The van der Waals surface area contributed by atoms with Gasteiger partial charge in [0.1, 0.15) is 5.54 Å². The summed E-state index contributed by atoms with van der Waals surface area (Å²) in [5.74, 6) is -1.07. The van der Waals surface area contributed by atoms with Crippen LogP contribution in [0.25, 0.3) is 10.4 Å². The number of hydrogen-bond acceptors (Lipinski definition) is 4. The number of hydrogen-bond donors (Lipinski definition) is 3. The van der Waals surface area contributed by atoms with Crippen LogP contribution in [0.3, 0.4) is 0 Å². The minimum absolute atomic E-state index is 0.194. The van der Waals surface area contributed by atoms with Gasteiger partial charge >= 0.3 is 5.97 Å². The lowest BCUT2D eigenvalue weighted by molar-refractivity contribution is -0.142. The zero-order valence-corrected chi connectivity index (χ0v) is 8.05. The molecule has 0 saturated carbocycles. The van der Waals surface area contributed by atoms with E-state index in [1.807, 2.05) is 0 Å². The van der Waals surface area contributed by atoms with Gasteiger partial charge in [0.25, 0.3) is 0 Å². The number of aliphatic carboxylic acids is 1. The van der Waals surface area contributed by atoms with Crippen molar-refractivity contribution in [1.82, 2.24) is 0 Å². The highest BCUT2D eigenvalue weighted by Gasteiger charge is 2.28. The van der Waals surface area contributed by atoms with Crippen LogP contribution in [-0.2, 0) is 4.79 Å². The summed E-state index contributed by atoms with van der Waals surface area (Å²) in [6.45, 7) is 1.61. The quantitative estimate of drug-likeness (QED) is 0.321. The molecule has 0 radical (unpaired) electrons. The zero-order valence-electron chi connectivity index (χ0n) is 8.05. The highest BCUT2D eigenvalue weighted by molar-refractivity contribution is 5.77. The van der Waals surface area contributed by atoms with E-state index in [1.54, 1.807) is 0 Å². The molecular formula is C7H15N5O2. The molecule has 0 fully saturated rings. The van der Waals surface area contributed by atoms with E-state index < -0.39 is 11.5 Å². The third kappa shape index (κ3) is 4.08. The molecule has 0 aromatic rings. The third-order valence-corrected chi connectivity index (χ3v) is 1.97. The molecule has 0 heterocycles. The van der Waals surface area contributed by atoms with Gasteiger partial charge in [0.2, 0.25) is 0 Å². The number of azide groups is 1. The molecule has 7 nitrogen and oxygen atoms in total. The summed E-state index contributed by atoms with van der Waals surface area (Å²) in [6, 6.07) is -0.387. The molecule has 0 rings (SSSR count). The first-order chi connectivity index (χ1) is 6.44. The van der Waals surface area contributed by atoms with Crippen molar-refractivity contribution in [2.45, 2.75) is 31.3 Å². The fourth-order valence-corrected chi connectivity index (χ4v) is 0.869. The van der Waals surface area contributed by atoms with Crippen LogP contribution in [0.1, 0.15) is 19.8 Å². The maximum absolute atomic E-state index is 10.6. The predicted octanol–water partition coefficient (Wildman–Crippen LogP) is 0.206. The zero-order chi connectivity index (χ0) is 11.2. The van der Waals surface area contributed by atoms with Gasteiger partial charge in [-0.25, -0.2) is 0 Å². The molecule has 14 heavy (non-hydrogen) atoms. The molecule has 0 aliphatic carbocycles. The molecular weight excluding hydrogens is 186 g/mol. The van der Waals surface area contributed by atoms with Crippen LogP contribution in [0.2, 0.25) is 0 Å². The van der Waals surface area contributed by atoms with Crippen LogP contribution in [0.15, 0.2) is 5.11 Å². The maximum atomic E-state index is 10.6. The van der Waals surface area contributed by atoms with Crippen LogP contribution in [-0.4, -0.2) is 29.2 Å². The Morgan fingerprint density at radius 1 is 1.79 bits per heavy atom. The number of carboxylic acids is 1. The molecule has 0 amide bonds. The van der Waals surface area contributed by atoms with E-state index in [0.29, 0.717) is 6.42 Å². The summed E-state index contributed by atoms with van der Waals surface area (Å²) in [5.41, 5.74) is 17.7. The molecule has 0 spiro atoms. The van der Waals surface area contributed by atoms with E-state index in [1.165, 1.54) is 6.92 Å². The Bertz CT molecular complexity index is 246. The Labute approximate surface area is 81.7 Å². The molecule has 7 heteroatoms. The second kappa shape index (κ2) is 5.43. The first-order valence-corrected chi connectivity index (χ1v) is 4.20. The van der Waals surface area contributed by atoms with Gasteiger partial charge in [0.15, 0.2) is 0 Å². The minimum Gasteiger partial charge on any atom is -0.480 e. The second-order valence-corrected chi connectivity index (χ2v) is 3.36. The molecule has 1 unspecified atom stereocenters. The average Bonchev–Trinajstić information content (AvgIpc) is 2.12. The van der Waals surface area contributed by atoms with E-state index in [-0.39, 0.29) is 19.0 Å². The van der Waals surface area contributed by atoms with Gasteiger partial charge in [-0.3, -0.25) is 4.79 Å². The number of nitrogens with zero attached hydrogens (tertiary/aromatic N) is 3. The fraction of sp³-hybridized carbons (Fsp3) is 0.857. The molecule has 80 valence electrons.